The molecule has 1 unspecified atom stereocenters. The van der Waals surface area contributed by atoms with Crippen molar-refractivity contribution in [3.8, 4) is 21.9 Å². The maximum atomic E-state index is 11.5. The third kappa shape index (κ3) is 4.88. The molecule has 8 heteroatoms. The fourth-order valence-electron chi connectivity index (χ4n) is 2.69. The van der Waals surface area contributed by atoms with Gasteiger partial charge in [-0.3, -0.25) is 0 Å². The van der Waals surface area contributed by atoms with Gasteiger partial charge in [0.1, 0.15) is 16.9 Å². The average molecular weight is 433 g/mol. The fraction of sp³-hybridized carbons (Fsp3) is 0.143. The van der Waals surface area contributed by atoms with Gasteiger partial charge in [-0.05, 0) is 30.2 Å². The Labute approximate surface area is 175 Å². The predicted octanol–water partition coefficient (Wildman–Crippen LogP) is 5.37. The van der Waals surface area contributed by atoms with Crippen LogP contribution in [0.5, 0.6) is 11.5 Å². The second-order valence-electron chi connectivity index (χ2n) is 6.09. The summed E-state index contributed by atoms with van der Waals surface area (Å²) in [5.41, 5.74) is 1.66. The number of carboxylic acid groups (broad SMARTS) is 2. The molecule has 0 aliphatic carbocycles. The number of halogens is 1. The quantitative estimate of drug-likeness (QED) is 0.497. The topological polar surface area (TPSA) is 93.1 Å². The van der Waals surface area contributed by atoms with Gasteiger partial charge in [0.05, 0.1) is 4.88 Å². The number of aromatic carboxylic acids is 1. The van der Waals surface area contributed by atoms with Crippen molar-refractivity contribution in [2.75, 3.05) is 6.61 Å². The van der Waals surface area contributed by atoms with Gasteiger partial charge in [-0.25, -0.2) is 9.59 Å². The van der Waals surface area contributed by atoms with Crippen LogP contribution >= 0.6 is 22.9 Å². The number of carboxylic acids is 2. The molecule has 6 nitrogen and oxygen atoms in total. The fourth-order valence-corrected chi connectivity index (χ4v) is 4.09. The minimum Gasteiger partial charge on any atom is -0.486 e. The van der Waals surface area contributed by atoms with E-state index in [2.05, 4.69) is 0 Å². The van der Waals surface area contributed by atoms with Crippen LogP contribution in [0.25, 0.3) is 10.4 Å². The van der Waals surface area contributed by atoms with Crippen molar-refractivity contribution in [1.29, 1.82) is 0 Å². The second kappa shape index (κ2) is 8.98. The van der Waals surface area contributed by atoms with E-state index in [1.165, 1.54) is 0 Å². The molecule has 0 saturated carbocycles. The van der Waals surface area contributed by atoms with E-state index in [0.29, 0.717) is 16.2 Å². The molecule has 2 aromatic carbocycles. The van der Waals surface area contributed by atoms with Crippen molar-refractivity contribution in [1.82, 2.24) is 0 Å². The number of hydrogen-bond donors (Lipinski definition) is 2. The number of hydrogen-bond acceptors (Lipinski definition) is 5. The minimum absolute atomic E-state index is 0.0573. The Kier molecular flexibility index (Phi) is 6.41. The third-order valence-electron chi connectivity index (χ3n) is 4.02. The highest BCUT2D eigenvalue weighted by atomic mass is 35.5. The molecule has 0 radical (unpaired) electrons. The highest BCUT2D eigenvalue weighted by Gasteiger charge is 2.25. The van der Waals surface area contributed by atoms with Crippen LogP contribution in [0.3, 0.4) is 0 Å². The van der Waals surface area contributed by atoms with Crippen LogP contribution in [0.2, 0.25) is 5.02 Å². The lowest BCUT2D eigenvalue weighted by molar-refractivity contribution is -0.139. The van der Waals surface area contributed by atoms with Gasteiger partial charge in [0, 0.05) is 0 Å². The summed E-state index contributed by atoms with van der Waals surface area (Å²) >= 11 is 7.25. The van der Waals surface area contributed by atoms with E-state index in [1.807, 2.05) is 37.3 Å². The van der Waals surface area contributed by atoms with E-state index in [1.54, 1.807) is 24.3 Å². The van der Waals surface area contributed by atoms with Gasteiger partial charge in [-0.1, -0.05) is 54.1 Å². The highest BCUT2D eigenvalue weighted by Crippen LogP contribution is 2.46. The van der Waals surface area contributed by atoms with Crippen LogP contribution in [0.4, 0.5) is 0 Å². The first-order valence-electron chi connectivity index (χ1n) is 8.59. The van der Waals surface area contributed by atoms with Gasteiger partial charge in [0.2, 0.25) is 0 Å². The Morgan fingerprint density at radius 1 is 1.10 bits per heavy atom. The summed E-state index contributed by atoms with van der Waals surface area (Å²) in [4.78, 5) is 22.6. The summed E-state index contributed by atoms with van der Waals surface area (Å²) in [7, 11) is 0. The largest absolute Gasteiger partial charge is 0.486 e. The van der Waals surface area contributed by atoms with Crippen molar-refractivity contribution in [2.45, 2.75) is 13.0 Å². The lowest BCUT2D eigenvalue weighted by Gasteiger charge is -2.15. The molecule has 3 aromatic rings. The lowest BCUT2D eigenvalue weighted by atomic mass is 10.1. The SMILES string of the molecule is CC(Oc1cccc(-c2sc(C(=O)O)c(OCC(=O)O)c2Cl)c1)c1ccccc1. The molecule has 0 aliphatic rings. The van der Waals surface area contributed by atoms with Gasteiger partial charge in [0.25, 0.3) is 0 Å². The first-order valence-corrected chi connectivity index (χ1v) is 9.78. The summed E-state index contributed by atoms with van der Waals surface area (Å²) in [6.45, 7) is 1.24. The first kappa shape index (κ1) is 20.7. The van der Waals surface area contributed by atoms with Gasteiger partial charge in [-0.2, -0.15) is 0 Å². The molecule has 1 atom stereocenters. The van der Waals surface area contributed by atoms with E-state index in [-0.39, 0.29) is 21.8 Å². The Hall–Kier alpha value is -3.03. The monoisotopic (exact) mass is 432 g/mol. The summed E-state index contributed by atoms with van der Waals surface area (Å²) in [5, 5.41) is 18.3. The smallest absolute Gasteiger partial charge is 0.349 e. The summed E-state index contributed by atoms with van der Waals surface area (Å²) in [6, 6.07) is 16.8. The number of aliphatic carboxylic acids is 1. The zero-order chi connectivity index (χ0) is 21.0. The molecule has 0 saturated heterocycles. The van der Waals surface area contributed by atoms with Gasteiger partial charge < -0.3 is 19.7 Å². The molecular formula is C21H17ClO6S. The second-order valence-corrected chi connectivity index (χ2v) is 7.49. The van der Waals surface area contributed by atoms with E-state index < -0.39 is 18.5 Å². The molecule has 0 aliphatic heterocycles. The van der Waals surface area contributed by atoms with Crippen LogP contribution in [-0.2, 0) is 4.79 Å². The van der Waals surface area contributed by atoms with E-state index >= 15 is 0 Å². The van der Waals surface area contributed by atoms with E-state index in [9.17, 15) is 14.7 Å². The summed E-state index contributed by atoms with van der Waals surface area (Å²) < 4.78 is 11.1. The first-order chi connectivity index (χ1) is 13.9. The van der Waals surface area contributed by atoms with Crippen molar-refractivity contribution in [3.05, 3.63) is 70.1 Å². The van der Waals surface area contributed by atoms with Gasteiger partial charge in [0.15, 0.2) is 17.2 Å². The maximum Gasteiger partial charge on any atom is 0.349 e. The number of ether oxygens (including phenoxy) is 2. The van der Waals surface area contributed by atoms with Crippen LogP contribution in [-0.4, -0.2) is 28.8 Å². The summed E-state index contributed by atoms with van der Waals surface area (Å²) in [6.07, 6.45) is -0.186. The molecule has 150 valence electrons. The predicted molar refractivity (Wildman–Crippen MR) is 110 cm³/mol. The van der Waals surface area contributed by atoms with Crippen molar-refractivity contribution in [2.24, 2.45) is 0 Å². The molecule has 3 rings (SSSR count). The molecule has 1 aromatic heterocycles. The molecule has 0 amide bonds. The standard InChI is InChI=1S/C21H17ClO6S/c1-12(13-6-3-2-4-7-13)28-15-9-5-8-14(10-15)19-17(22)18(27-11-16(23)24)20(29-19)21(25)26/h2-10,12H,11H2,1H3,(H,23,24)(H,25,26). The van der Waals surface area contributed by atoms with Crippen LogP contribution in [0, 0.1) is 0 Å². The summed E-state index contributed by atoms with van der Waals surface area (Å²) in [5.74, 6) is -2.03. The van der Waals surface area contributed by atoms with E-state index in [0.717, 1.165) is 16.9 Å². The number of thiophene rings is 1. The van der Waals surface area contributed by atoms with Crippen molar-refractivity contribution in [3.63, 3.8) is 0 Å². The number of carbonyl (C=O) groups is 2. The Balaban J connectivity index is 1.91. The molecule has 0 fully saturated rings. The Morgan fingerprint density at radius 2 is 1.83 bits per heavy atom. The zero-order valence-electron chi connectivity index (χ0n) is 15.3. The minimum atomic E-state index is -1.24. The highest BCUT2D eigenvalue weighted by molar-refractivity contribution is 7.18. The molecule has 0 bridgehead atoms. The number of rotatable bonds is 8. The van der Waals surface area contributed by atoms with E-state index in [4.69, 9.17) is 26.2 Å². The Morgan fingerprint density at radius 3 is 2.48 bits per heavy atom. The number of benzene rings is 2. The molecule has 2 N–H and O–H groups in total. The molecule has 1 heterocycles. The molecule has 0 spiro atoms. The van der Waals surface area contributed by atoms with Crippen LogP contribution < -0.4 is 9.47 Å². The van der Waals surface area contributed by atoms with Crippen LogP contribution in [0.15, 0.2) is 54.6 Å². The molecular weight excluding hydrogens is 416 g/mol. The van der Waals surface area contributed by atoms with Gasteiger partial charge in [-0.15, -0.1) is 11.3 Å². The lowest BCUT2D eigenvalue weighted by Crippen LogP contribution is -2.10. The Bertz CT molecular complexity index is 1030. The maximum absolute atomic E-state index is 11.5. The van der Waals surface area contributed by atoms with Crippen molar-refractivity contribution >= 4 is 34.9 Å². The average Bonchev–Trinajstić information content (AvgIpc) is 3.04. The van der Waals surface area contributed by atoms with Crippen molar-refractivity contribution < 1.29 is 29.3 Å². The normalized spacial score (nSPS) is 11.7. The van der Waals surface area contributed by atoms with Crippen LogP contribution in [0.1, 0.15) is 28.3 Å². The van der Waals surface area contributed by atoms with Gasteiger partial charge >= 0.3 is 11.9 Å². The third-order valence-corrected chi connectivity index (χ3v) is 5.70. The zero-order valence-corrected chi connectivity index (χ0v) is 16.9. The molecule has 29 heavy (non-hydrogen) atoms.